The van der Waals surface area contributed by atoms with Gasteiger partial charge in [0, 0.05) is 6.42 Å². The minimum atomic E-state index is -4.85. The predicted octanol–water partition coefficient (Wildman–Crippen LogP) is 2.03. The summed E-state index contributed by atoms with van der Waals surface area (Å²) >= 11 is 5.34. The first-order valence-corrected chi connectivity index (χ1v) is 4.44. The maximum absolute atomic E-state index is 12.6. The predicted molar refractivity (Wildman–Crippen MR) is 47.3 cm³/mol. The van der Waals surface area contributed by atoms with Crippen molar-refractivity contribution < 1.29 is 22.7 Å². The van der Waals surface area contributed by atoms with Crippen molar-refractivity contribution in [2.45, 2.75) is 18.2 Å². The van der Waals surface area contributed by atoms with Crippen molar-refractivity contribution in [2.75, 3.05) is 6.54 Å². The Labute approximate surface area is 88.6 Å². The first-order valence-electron chi connectivity index (χ1n) is 4.06. The molecule has 0 saturated heterocycles. The molecule has 3 N–H and O–H groups in total. The molecule has 1 aromatic heterocycles. The monoisotopic (exact) mass is 243 g/mol. The molecule has 0 spiro atoms. The van der Waals surface area contributed by atoms with Crippen molar-refractivity contribution in [1.82, 2.24) is 0 Å². The van der Waals surface area contributed by atoms with E-state index in [1.807, 2.05) is 0 Å². The van der Waals surface area contributed by atoms with Gasteiger partial charge in [-0.05, 0) is 30.3 Å². The van der Waals surface area contributed by atoms with E-state index < -0.39 is 24.0 Å². The summed E-state index contributed by atoms with van der Waals surface area (Å²) in [6.07, 6.45) is -5.53. The van der Waals surface area contributed by atoms with Crippen LogP contribution in [-0.2, 0) is 5.60 Å². The van der Waals surface area contributed by atoms with E-state index in [9.17, 15) is 18.3 Å². The standard InChI is InChI=1S/C8H9ClF3NO2/c9-6-2-1-5(15-6)7(14,3-4-13)8(10,11)12/h1-2,14H,3-4,13H2. The zero-order valence-corrected chi connectivity index (χ0v) is 8.27. The summed E-state index contributed by atoms with van der Waals surface area (Å²) in [5, 5.41) is 9.26. The largest absolute Gasteiger partial charge is 0.446 e. The molecule has 3 nitrogen and oxygen atoms in total. The van der Waals surface area contributed by atoms with Crippen LogP contribution in [0.5, 0.6) is 0 Å². The maximum atomic E-state index is 12.6. The third kappa shape index (κ3) is 2.27. The normalized spacial score (nSPS) is 16.4. The van der Waals surface area contributed by atoms with Crippen LogP contribution in [0.4, 0.5) is 13.2 Å². The van der Waals surface area contributed by atoms with E-state index in [-0.39, 0.29) is 11.8 Å². The zero-order valence-electron chi connectivity index (χ0n) is 7.51. The van der Waals surface area contributed by atoms with Crippen LogP contribution in [0.25, 0.3) is 0 Å². The van der Waals surface area contributed by atoms with Gasteiger partial charge in [-0.1, -0.05) is 0 Å². The van der Waals surface area contributed by atoms with Crippen molar-refractivity contribution in [1.29, 1.82) is 0 Å². The highest BCUT2D eigenvalue weighted by molar-refractivity contribution is 6.28. The van der Waals surface area contributed by atoms with Crippen molar-refractivity contribution in [3.63, 3.8) is 0 Å². The summed E-state index contributed by atoms with van der Waals surface area (Å²) in [5.74, 6) is -0.648. The molecule has 0 aliphatic rings. The highest BCUT2D eigenvalue weighted by atomic mass is 35.5. The molecule has 15 heavy (non-hydrogen) atoms. The van der Waals surface area contributed by atoms with E-state index in [2.05, 4.69) is 4.42 Å². The number of furan rings is 1. The lowest BCUT2D eigenvalue weighted by molar-refractivity contribution is -0.274. The molecule has 0 aliphatic carbocycles. The zero-order chi connectivity index (χ0) is 11.7. The molecule has 0 fully saturated rings. The van der Waals surface area contributed by atoms with E-state index in [0.29, 0.717) is 0 Å². The molecule has 0 bridgehead atoms. The van der Waals surface area contributed by atoms with Crippen LogP contribution >= 0.6 is 11.6 Å². The number of alkyl halides is 3. The van der Waals surface area contributed by atoms with Gasteiger partial charge in [-0.3, -0.25) is 0 Å². The smallest absolute Gasteiger partial charge is 0.424 e. The van der Waals surface area contributed by atoms with Crippen molar-refractivity contribution in [3.05, 3.63) is 23.1 Å². The van der Waals surface area contributed by atoms with E-state index in [0.717, 1.165) is 12.1 Å². The van der Waals surface area contributed by atoms with Crippen LogP contribution in [0, 0.1) is 0 Å². The number of aliphatic hydroxyl groups is 1. The van der Waals surface area contributed by atoms with Crippen molar-refractivity contribution in [2.24, 2.45) is 5.73 Å². The molecule has 0 amide bonds. The third-order valence-electron chi connectivity index (χ3n) is 1.96. The van der Waals surface area contributed by atoms with Gasteiger partial charge < -0.3 is 15.3 Å². The lowest BCUT2D eigenvalue weighted by Crippen LogP contribution is -2.43. The maximum Gasteiger partial charge on any atom is 0.424 e. The summed E-state index contributed by atoms with van der Waals surface area (Å²) in [7, 11) is 0. The number of hydrogen-bond donors (Lipinski definition) is 2. The summed E-state index contributed by atoms with van der Waals surface area (Å²) in [6.45, 7) is -0.325. The Morgan fingerprint density at radius 1 is 1.40 bits per heavy atom. The van der Waals surface area contributed by atoms with Gasteiger partial charge >= 0.3 is 6.18 Å². The van der Waals surface area contributed by atoms with E-state index >= 15 is 0 Å². The highest BCUT2D eigenvalue weighted by Crippen LogP contribution is 2.42. The second-order valence-corrected chi connectivity index (χ2v) is 3.37. The highest BCUT2D eigenvalue weighted by Gasteiger charge is 2.56. The fraction of sp³-hybridized carbons (Fsp3) is 0.500. The molecule has 1 heterocycles. The molecule has 0 saturated carbocycles. The van der Waals surface area contributed by atoms with Gasteiger partial charge in [0.25, 0.3) is 0 Å². The molecule has 0 aliphatic heterocycles. The fourth-order valence-corrected chi connectivity index (χ4v) is 1.30. The van der Waals surface area contributed by atoms with Crippen LogP contribution in [0.2, 0.25) is 5.22 Å². The summed E-state index contributed by atoms with van der Waals surface area (Å²) in [6, 6.07) is 2.11. The van der Waals surface area contributed by atoms with Crippen molar-refractivity contribution in [3.8, 4) is 0 Å². The van der Waals surface area contributed by atoms with Crippen LogP contribution < -0.4 is 5.73 Å². The van der Waals surface area contributed by atoms with E-state index in [1.54, 1.807) is 0 Å². The SMILES string of the molecule is NCCC(O)(c1ccc(Cl)o1)C(F)(F)F. The Balaban J connectivity index is 3.12. The molecule has 1 rings (SSSR count). The van der Waals surface area contributed by atoms with E-state index in [4.69, 9.17) is 17.3 Å². The molecule has 0 radical (unpaired) electrons. The van der Waals surface area contributed by atoms with Gasteiger partial charge in [0.15, 0.2) is 5.22 Å². The molecule has 7 heteroatoms. The Morgan fingerprint density at radius 3 is 2.33 bits per heavy atom. The summed E-state index contributed by atoms with van der Waals surface area (Å²) in [4.78, 5) is 0. The second-order valence-electron chi connectivity index (χ2n) is 3.00. The Hall–Kier alpha value is -0.720. The van der Waals surface area contributed by atoms with Gasteiger partial charge in [0.2, 0.25) is 5.60 Å². The van der Waals surface area contributed by atoms with Gasteiger partial charge in [-0.15, -0.1) is 0 Å². The molecule has 0 aromatic carbocycles. The lowest BCUT2D eigenvalue weighted by Gasteiger charge is -2.27. The first kappa shape index (κ1) is 12.4. The number of halogens is 4. The number of nitrogens with two attached hydrogens (primary N) is 1. The van der Waals surface area contributed by atoms with Crippen LogP contribution in [0.1, 0.15) is 12.2 Å². The molecule has 86 valence electrons. The van der Waals surface area contributed by atoms with Gasteiger partial charge in [-0.2, -0.15) is 13.2 Å². The van der Waals surface area contributed by atoms with Gasteiger partial charge in [-0.25, -0.2) is 0 Å². The molecule has 1 atom stereocenters. The lowest BCUT2D eigenvalue weighted by atomic mass is 9.96. The molecule has 1 unspecified atom stereocenters. The Kier molecular flexibility index (Phi) is 3.32. The topological polar surface area (TPSA) is 59.4 Å². The summed E-state index contributed by atoms with van der Waals surface area (Å²) < 4.78 is 42.3. The fourth-order valence-electron chi connectivity index (χ4n) is 1.15. The van der Waals surface area contributed by atoms with Crippen LogP contribution in [-0.4, -0.2) is 17.8 Å². The van der Waals surface area contributed by atoms with Crippen LogP contribution in [0.3, 0.4) is 0 Å². The average molecular weight is 244 g/mol. The van der Waals surface area contributed by atoms with Gasteiger partial charge in [0.1, 0.15) is 5.76 Å². The van der Waals surface area contributed by atoms with E-state index in [1.165, 1.54) is 0 Å². The molecule has 1 aromatic rings. The average Bonchev–Trinajstić information content (AvgIpc) is 2.50. The van der Waals surface area contributed by atoms with Gasteiger partial charge in [0.05, 0.1) is 0 Å². The first-order chi connectivity index (χ1) is 6.81. The summed E-state index contributed by atoms with van der Waals surface area (Å²) in [5.41, 5.74) is 1.95. The molecular formula is C8H9ClF3NO2. The third-order valence-corrected chi connectivity index (χ3v) is 2.16. The Morgan fingerprint density at radius 2 is 2.00 bits per heavy atom. The minimum absolute atomic E-state index is 0.218. The number of hydrogen-bond acceptors (Lipinski definition) is 3. The van der Waals surface area contributed by atoms with Crippen molar-refractivity contribution >= 4 is 11.6 Å². The van der Waals surface area contributed by atoms with Crippen LogP contribution in [0.15, 0.2) is 16.5 Å². The number of rotatable bonds is 3. The quantitative estimate of drug-likeness (QED) is 0.854. The minimum Gasteiger partial charge on any atom is -0.446 e. The molecular weight excluding hydrogens is 235 g/mol. The second kappa shape index (κ2) is 4.03. The Bertz CT molecular complexity index is 339.